The molecule has 1 aromatic carbocycles. The molecule has 0 spiro atoms. The van der Waals surface area contributed by atoms with Gasteiger partial charge in [0, 0.05) is 0 Å². The van der Waals surface area contributed by atoms with Crippen LogP contribution in [0.25, 0.3) is 0 Å². The Kier molecular flexibility index (Phi) is 10.8. The summed E-state index contributed by atoms with van der Waals surface area (Å²) in [6.07, 6.45) is 8.43. The summed E-state index contributed by atoms with van der Waals surface area (Å²) in [7, 11) is 0. The molecule has 0 nitrogen and oxygen atoms in total. The van der Waals surface area contributed by atoms with Crippen LogP contribution in [0.15, 0.2) is 18.2 Å². The van der Waals surface area contributed by atoms with Crippen molar-refractivity contribution in [3.63, 3.8) is 0 Å². The van der Waals surface area contributed by atoms with Gasteiger partial charge >= 0.3 is 163 Å². The van der Waals surface area contributed by atoms with Gasteiger partial charge in [-0.1, -0.05) is 0 Å². The van der Waals surface area contributed by atoms with Gasteiger partial charge in [-0.2, -0.15) is 0 Å². The summed E-state index contributed by atoms with van der Waals surface area (Å²) in [5.74, 6) is 1.31. The summed E-state index contributed by atoms with van der Waals surface area (Å²) in [6, 6.07) is 7.39. The molecule has 0 atom stereocenters. The summed E-state index contributed by atoms with van der Waals surface area (Å²) >= 11 is -2.35. The van der Waals surface area contributed by atoms with Crippen molar-refractivity contribution < 1.29 is 0 Å². The Hall–Kier alpha value is 0.0187. The van der Waals surface area contributed by atoms with E-state index in [-0.39, 0.29) is 0 Å². The first-order chi connectivity index (χ1) is 11.9. The third kappa shape index (κ3) is 6.29. The standard InChI is InChI=1S/C12H17.3C4H9.Sn/c1-9(2)11-7-5-6-8-12(11)10(3)4;3*1-3-4-2;/h5-7,9-10H,1-4H3;3*1,3-4H2,2H3;. The van der Waals surface area contributed by atoms with Crippen LogP contribution in [0.1, 0.15) is 110 Å². The zero-order chi connectivity index (χ0) is 18.9. The van der Waals surface area contributed by atoms with E-state index >= 15 is 0 Å². The fourth-order valence-electron chi connectivity index (χ4n) is 4.52. The molecule has 0 unspecified atom stereocenters. The fraction of sp³-hybridized carbons (Fsp3) is 0.750. The average molecular weight is 451 g/mol. The van der Waals surface area contributed by atoms with Crippen molar-refractivity contribution in [3.8, 4) is 0 Å². The van der Waals surface area contributed by atoms with Crippen LogP contribution in [0, 0.1) is 0 Å². The van der Waals surface area contributed by atoms with Crippen LogP contribution >= 0.6 is 0 Å². The second-order valence-electron chi connectivity index (χ2n) is 8.71. The third-order valence-electron chi connectivity index (χ3n) is 5.94. The Morgan fingerprint density at radius 1 is 0.720 bits per heavy atom. The number of benzene rings is 1. The fourth-order valence-corrected chi connectivity index (χ4v) is 21.9. The molecule has 0 radical (unpaired) electrons. The SMILES string of the molecule is CCC[CH2][Sn]([CH2]CCC)([CH2]CCC)[c]1cccc(C(C)C)c1C(C)C. The van der Waals surface area contributed by atoms with E-state index in [0.717, 1.165) is 0 Å². The Morgan fingerprint density at radius 3 is 1.56 bits per heavy atom. The van der Waals surface area contributed by atoms with Gasteiger partial charge in [-0.15, -0.1) is 0 Å². The summed E-state index contributed by atoms with van der Waals surface area (Å²) in [5.41, 5.74) is 3.40. The normalized spacial score (nSPS) is 12.4. The maximum absolute atomic E-state index is 2.58. The van der Waals surface area contributed by atoms with Gasteiger partial charge in [0.25, 0.3) is 0 Å². The zero-order valence-corrected chi connectivity index (χ0v) is 21.1. The average Bonchev–Trinajstić information content (AvgIpc) is 2.60. The summed E-state index contributed by atoms with van der Waals surface area (Å²) in [4.78, 5) is 0. The van der Waals surface area contributed by atoms with Gasteiger partial charge in [0.2, 0.25) is 0 Å². The molecule has 0 aliphatic rings. The quantitative estimate of drug-likeness (QED) is 0.283. The molecule has 0 heterocycles. The van der Waals surface area contributed by atoms with Gasteiger partial charge < -0.3 is 0 Å². The van der Waals surface area contributed by atoms with E-state index < -0.39 is 18.4 Å². The van der Waals surface area contributed by atoms with Crippen LogP contribution in [-0.2, 0) is 0 Å². The summed E-state index contributed by atoms with van der Waals surface area (Å²) in [6.45, 7) is 16.8. The van der Waals surface area contributed by atoms with E-state index in [9.17, 15) is 0 Å². The van der Waals surface area contributed by atoms with E-state index in [4.69, 9.17) is 0 Å². The van der Waals surface area contributed by atoms with Crippen molar-refractivity contribution in [2.75, 3.05) is 0 Å². The number of unbranched alkanes of at least 4 members (excludes halogenated alkanes) is 3. The van der Waals surface area contributed by atoms with E-state index in [1.54, 1.807) is 24.4 Å². The molecule has 1 heteroatoms. The number of hydrogen-bond acceptors (Lipinski definition) is 0. The Bertz CT molecular complexity index is 465. The molecule has 0 bridgehead atoms. The topological polar surface area (TPSA) is 0 Å². The molecular formula is C24H44Sn. The number of rotatable bonds is 12. The van der Waals surface area contributed by atoms with Crippen LogP contribution in [-0.4, -0.2) is 18.4 Å². The molecule has 0 aliphatic carbocycles. The Morgan fingerprint density at radius 2 is 1.20 bits per heavy atom. The first kappa shape index (κ1) is 23.1. The van der Waals surface area contributed by atoms with Crippen LogP contribution < -0.4 is 3.58 Å². The molecule has 0 amide bonds. The van der Waals surface area contributed by atoms with Gasteiger partial charge in [-0.05, 0) is 0 Å². The number of hydrogen-bond donors (Lipinski definition) is 0. The van der Waals surface area contributed by atoms with Crippen molar-refractivity contribution >= 4 is 22.0 Å². The van der Waals surface area contributed by atoms with Crippen LogP contribution in [0.2, 0.25) is 13.3 Å². The van der Waals surface area contributed by atoms with Crippen LogP contribution in [0.5, 0.6) is 0 Å². The molecule has 0 N–H and O–H groups in total. The van der Waals surface area contributed by atoms with Crippen LogP contribution in [0.3, 0.4) is 0 Å². The molecule has 0 saturated carbocycles. The van der Waals surface area contributed by atoms with Gasteiger partial charge in [0.15, 0.2) is 0 Å². The van der Waals surface area contributed by atoms with E-state index in [2.05, 4.69) is 66.7 Å². The molecule has 0 aromatic heterocycles. The molecule has 0 aliphatic heterocycles. The Balaban J connectivity index is 3.51. The maximum atomic E-state index is 2.58. The first-order valence-electron chi connectivity index (χ1n) is 11.1. The zero-order valence-electron chi connectivity index (χ0n) is 18.3. The third-order valence-corrected chi connectivity index (χ3v) is 21.7. The van der Waals surface area contributed by atoms with Crippen LogP contribution in [0.4, 0.5) is 0 Å². The van der Waals surface area contributed by atoms with Crippen molar-refractivity contribution in [3.05, 3.63) is 29.3 Å². The van der Waals surface area contributed by atoms with E-state index in [1.165, 1.54) is 38.5 Å². The van der Waals surface area contributed by atoms with Crippen molar-refractivity contribution in [2.45, 2.75) is 112 Å². The summed E-state index contributed by atoms with van der Waals surface area (Å²) in [5, 5.41) is 0. The van der Waals surface area contributed by atoms with Gasteiger partial charge in [-0.3, -0.25) is 0 Å². The van der Waals surface area contributed by atoms with Gasteiger partial charge in [-0.25, -0.2) is 0 Å². The minimum atomic E-state index is -2.35. The molecule has 1 rings (SSSR count). The van der Waals surface area contributed by atoms with Crippen molar-refractivity contribution in [1.29, 1.82) is 0 Å². The van der Waals surface area contributed by atoms with Gasteiger partial charge in [0.1, 0.15) is 0 Å². The molecule has 0 fully saturated rings. The predicted molar refractivity (Wildman–Crippen MR) is 119 cm³/mol. The first-order valence-corrected chi connectivity index (χ1v) is 18.5. The molecule has 1 aromatic rings. The minimum absolute atomic E-state index is 0.643. The van der Waals surface area contributed by atoms with Gasteiger partial charge in [0.05, 0.1) is 0 Å². The molecule has 144 valence electrons. The Labute approximate surface area is 163 Å². The monoisotopic (exact) mass is 452 g/mol. The summed E-state index contributed by atoms with van der Waals surface area (Å²) < 4.78 is 6.64. The van der Waals surface area contributed by atoms with E-state index in [0.29, 0.717) is 11.8 Å². The van der Waals surface area contributed by atoms with E-state index in [1.807, 2.05) is 3.58 Å². The second kappa shape index (κ2) is 11.7. The molecule has 25 heavy (non-hydrogen) atoms. The predicted octanol–water partition coefficient (Wildman–Crippen LogP) is 7.99. The van der Waals surface area contributed by atoms with Crippen molar-refractivity contribution in [1.82, 2.24) is 0 Å². The molecular weight excluding hydrogens is 407 g/mol. The van der Waals surface area contributed by atoms with Crippen molar-refractivity contribution in [2.24, 2.45) is 0 Å². The second-order valence-corrected chi connectivity index (χ2v) is 21.8. The molecule has 0 saturated heterocycles.